The van der Waals surface area contributed by atoms with Crippen molar-refractivity contribution in [1.29, 1.82) is 0 Å². The summed E-state index contributed by atoms with van der Waals surface area (Å²) < 4.78 is 10.0. The molecule has 0 spiro atoms. The Hall–Kier alpha value is -2.77. The molecule has 1 amide bonds. The predicted octanol–water partition coefficient (Wildman–Crippen LogP) is 2.11. The summed E-state index contributed by atoms with van der Waals surface area (Å²) in [6, 6.07) is 13.7. The second-order valence-electron chi connectivity index (χ2n) is 5.71. The summed E-state index contributed by atoms with van der Waals surface area (Å²) in [5.41, 5.74) is 1.05. The second kappa shape index (κ2) is 9.65. The normalized spacial score (nSPS) is 12.9. The zero-order valence-electron chi connectivity index (χ0n) is 14.5. The van der Waals surface area contributed by atoms with Gasteiger partial charge in [-0.1, -0.05) is 30.3 Å². The molecule has 0 aliphatic heterocycles. The van der Waals surface area contributed by atoms with Crippen molar-refractivity contribution in [2.75, 3.05) is 13.7 Å². The van der Waals surface area contributed by atoms with Crippen molar-refractivity contribution in [2.45, 2.75) is 25.2 Å². The van der Waals surface area contributed by atoms with Gasteiger partial charge >= 0.3 is 6.09 Å². The highest BCUT2D eigenvalue weighted by molar-refractivity contribution is 5.67. The predicted molar refractivity (Wildman–Crippen MR) is 94.9 cm³/mol. The summed E-state index contributed by atoms with van der Waals surface area (Å²) in [6.07, 6.45) is -2.97. The molecule has 26 heavy (non-hydrogen) atoms. The van der Waals surface area contributed by atoms with Gasteiger partial charge in [0.05, 0.1) is 13.2 Å². The Kier molecular flexibility index (Phi) is 7.25. The lowest BCUT2D eigenvalue weighted by molar-refractivity contribution is 0.0123. The number of hydrogen-bond acceptors (Lipinski definition) is 6. The van der Waals surface area contributed by atoms with E-state index in [1.807, 2.05) is 30.3 Å². The molecule has 0 aliphatic rings. The first-order chi connectivity index (χ1) is 12.5. The molecule has 0 saturated carbocycles. The largest absolute Gasteiger partial charge is 0.507 e. The van der Waals surface area contributed by atoms with E-state index in [2.05, 4.69) is 5.32 Å². The molecule has 2 aromatic rings. The van der Waals surface area contributed by atoms with Gasteiger partial charge in [-0.05, 0) is 24.1 Å². The Morgan fingerprint density at radius 1 is 1.15 bits per heavy atom. The first-order valence-electron chi connectivity index (χ1n) is 8.19. The van der Waals surface area contributed by atoms with Gasteiger partial charge in [0, 0.05) is 18.2 Å². The number of alkyl carbamates (subject to hydrolysis) is 1. The number of nitrogens with one attached hydrogen (secondary N) is 1. The number of carbonyl (C=O) groups is 1. The third kappa shape index (κ3) is 5.65. The van der Waals surface area contributed by atoms with Gasteiger partial charge in [0.25, 0.3) is 0 Å². The molecular weight excluding hydrogens is 338 g/mol. The number of phenolic OH excluding ortho intramolecular Hbond substituents is 1. The van der Waals surface area contributed by atoms with Gasteiger partial charge in [-0.3, -0.25) is 0 Å². The maximum Gasteiger partial charge on any atom is 0.407 e. The second-order valence-corrected chi connectivity index (χ2v) is 5.71. The first kappa shape index (κ1) is 19.6. The van der Waals surface area contributed by atoms with Crippen molar-refractivity contribution >= 4 is 6.09 Å². The van der Waals surface area contributed by atoms with Crippen LogP contribution < -0.4 is 10.1 Å². The molecule has 0 heterocycles. The summed E-state index contributed by atoms with van der Waals surface area (Å²) in [6.45, 7) is 0.264. The molecule has 0 aliphatic carbocycles. The number of amides is 1. The third-order valence-corrected chi connectivity index (χ3v) is 3.84. The fourth-order valence-corrected chi connectivity index (χ4v) is 2.36. The van der Waals surface area contributed by atoms with E-state index >= 15 is 0 Å². The van der Waals surface area contributed by atoms with Crippen molar-refractivity contribution < 1.29 is 29.6 Å². The fourth-order valence-electron chi connectivity index (χ4n) is 2.36. The van der Waals surface area contributed by atoms with Gasteiger partial charge in [0.15, 0.2) is 0 Å². The van der Waals surface area contributed by atoms with Crippen LogP contribution in [0.1, 0.15) is 23.7 Å². The Balaban J connectivity index is 1.75. The average Bonchev–Trinajstić information content (AvgIpc) is 2.66. The summed E-state index contributed by atoms with van der Waals surface area (Å²) >= 11 is 0. The number of aliphatic hydroxyl groups is 2. The van der Waals surface area contributed by atoms with Gasteiger partial charge < -0.3 is 30.1 Å². The molecule has 2 rings (SSSR count). The van der Waals surface area contributed by atoms with Crippen LogP contribution in [0.5, 0.6) is 11.5 Å². The summed E-state index contributed by atoms with van der Waals surface area (Å²) in [7, 11) is 1.46. The number of aromatic hydroxyl groups is 1. The Morgan fingerprint density at radius 3 is 2.54 bits per heavy atom. The van der Waals surface area contributed by atoms with E-state index in [4.69, 9.17) is 9.47 Å². The average molecular weight is 361 g/mol. The monoisotopic (exact) mass is 361 g/mol. The van der Waals surface area contributed by atoms with Crippen molar-refractivity contribution in [3.8, 4) is 11.5 Å². The first-order valence-corrected chi connectivity index (χ1v) is 8.19. The molecule has 140 valence electrons. The van der Waals surface area contributed by atoms with E-state index in [0.29, 0.717) is 5.75 Å². The Morgan fingerprint density at radius 2 is 1.88 bits per heavy atom. The maximum atomic E-state index is 11.6. The zero-order valence-corrected chi connectivity index (χ0v) is 14.5. The van der Waals surface area contributed by atoms with Crippen LogP contribution in [0.25, 0.3) is 0 Å². The zero-order chi connectivity index (χ0) is 18.9. The topological polar surface area (TPSA) is 108 Å². The van der Waals surface area contributed by atoms with Gasteiger partial charge in [0.1, 0.15) is 24.2 Å². The van der Waals surface area contributed by atoms with Crippen LogP contribution in [0.15, 0.2) is 48.5 Å². The van der Waals surface area contributed by atoms with Crippen LogP contribution >= 0.6 is 0 Å². The summed E-state index contributed by atoms with van der Waals surface area (Å²) in [5.74, 6) is 0.266. The lowest BCUT2D eigenvalue weighted by Gasteiger charge is -2.19. The van der Waals surface area contributed by atoms with Crippen LogP contribution in [0.4, 0.5) is 4.79 Å². The molecular formula is C19H23NO6. The highest BCUT2D eigenvalue weighted by Crippen LogP contribution is 2.30. The van der Waals surface area contributed by atoms with Crippen LogP contribution in [-0.4, -0.2) is 41.2 Å². The van der Waals surface area contributed by atoms with Gasteiger partial charge in [-0.25, -0.2) is 4.79 Å². The van der Waals surface area contributed by atoms with E-state index in [1.165, 1.54) is 19.2 Å². The Labute approximate surface area is 151 Å². The Bertz CT molecular complexity index is 706. The highest BCUT2D eigenvalue weighted by Gasteiger charge is 2.21. The van der Waals surface area contributed by atoms with E-state index in [-0.39, 0.29) is 30.9 Å². The molecule has 2 atom stereocenters. The number of hydrogen-bond donors (Lipinski definition) is 4. The minimum atomic E-state index is -1.29. The molecule has 4 N–H and O–H groups in total. The molecule has 0 bridgehead atoms. The number of rotatable bonds is 8. The van der Waals surface area contributed by atoms with Gasteiger partial charge in [0.2, 0.25) is 0 Å². The van der Waals surface area contributed by atoms with Crippen molar-refractivity contribution in [2.24, 2.45) is 0 Å². The summed E-state index contributed by atoms with van der Waals surface area (Å²) in [4.78, 5) is 11.6. The molecule has 2 unspecified atom stereocenters. The number of ether oxygens (including phenoxy) is 2. The molecule has 2 aromatic carbocycles. The van der Waals surface area contributed by atoms with Crippen LogP contribution in [0, 0.1) is 0 Å². The SMILES string of the molecule is COc1ccc(C(O)C(O)CCNC(=O)OCc2ccccc2)c(O)c1. The lowest BCUT2D eigenvalue weighted by atomic mass is 10.0. The quantitative estimate of drug-likeness (QED) is 0.573. The molecule has 7 nitrogen and oxygen atoms in total. The third-order valence-electron chi connectivity index (χ3n) is 3.84. The standard InChI is InChI=1S/C19H23NO6/c1-25-14-7-8-15(17(22)11-14)18(23)16(21)9-10-20-19(24)26-12-13-5-3-2-4-6-13/h2-8,11,16,18,21-23H,9-10,12H2,1H3,(H,20,24). The highest BCUT2D eigenvalue weighted by atomic mass is 16.5. The van der Waals surface area contributed by atoms with Crippen molar-refractivity contribution in [3.63, 3.8) is 0 Å². The van der Waals surface area contributed by atoms with E-state index < -0.39 is 18.3 Å². The van der Waals surface area contributed by atoms with E-state index in [1.54, 1.807) is 6.07 Å². The number of carbonyl (C=O) groups excluding carboxylic acids is 1. The van der Waals surface area contributed by atoms with Gasteiger partial charge in [-0.2, -0.15) is 0 Å². The number of phenols is 1. The molecule has 7 heteroatoms. The van der Waals surface area contributed by atoms with E-state index in [0.717, 1.165) is 5.56 Å². The summed E-state index contributed by atoms with van der Waals surface area (Å²) in [5, 5.41) is 32.6. The van der Waals surface area contributed by atoms with Gasteiger partial charge in [-0.15, -0.1) is 0 Å². The molecule has 0 radical (unpaired) electrons. The van der Waals surface area contributed by atoms with Crippen LogP contribution in [-0.2, 0) is 11.3 Å². The molecule has 0 aromatic heterocycles. The van der Waals surface area contributed by atoms with Crippen molar-refractivity contribution in [1.82, 2.24) is 5.32 Å². The molecule has 0 fully saturated rings. The van der Waals surface area contributed by atoms with Crippen LogP contribution in [0.2, 0.25) is 0 Å². The maximum absolute atomic E-state index is 11.6. The number of methoxy groups -OCH3 is 1. The number of aliphatic hydroxyl groups excluding tert-OH is 2. The lowest BCUT2D eigenvalue weighted by Crippen LogP contribution is -2.29. The van der Waals surface area contributed by atoms with E-state index in [9.17, 15) is 20.1 Å². The minimum Gasteiger partial charge on any atom is -0.507 e. The fraction of sp³-hybridized carbons (Fsp3) is 0.316. The number of benzene rings is 2. The van der Waals surface area contributed by atoms with Crippen molar-refractivity contribution in [3.05, 3.63) is 59.7 Å². The molecule has 0 saturated heterocycles. The smallest absolute Gasteiger partial charge is 0.407 e. The van der Waals surface area contributed by atoms with Crippen LogP contribution in [0.3, 0.4) is 0 Å². The minimum absolute atomic E-state index is 0.0904.